The molecule has 0 fully saturated rings. The van der Waals surface area contributed by atoms with Crippen LogP contribution in [0.25, 0.3) is 11.1 Å². The van der Waals surface area contributed by atoms with Gasteiger partial charge >= 0.3 is 6.09 Å². The Labute approximate surface area is 189 Å². The van der Waals surface area contributed by atoms with Crippen molar-refractivity contribution in [3.8, 4) is 16.9 Å². The van der Waals surface area contributed by atoms with Gasteiger partial charge in [-0.3, -0.25) is 0 Å². The summed E-state index contributed by atoms with van der Waals surface area (Å²) in [6, 6.07) is 17.5. The molecule has 0 radical (unpaired) electrons. The molecule has 0 bridgehead atoms. The normalized spacial score (nSPS) is 14.2. The first kappa shape index (κ1) is 22.7. The van der Waals surface area contributed by atoms with Crippen molar-refractivity contribution < 1.29 is 33.3 Å². The maximum absolute atomic E-state index is 14.1. The predicted molar refractivity (Wildman–Crippen MR) is 117 cm³/mol. The molecular formula is C25H23F2NO5. The van der Waals surface area contributed by atoms with Crippen LogP contribution in [-0.4, -0.2) is 42.7 Å². The number of carbonyl (C=O) groups is 1. The Bertz CT molecular complexity index is 1100. The molecule has 3 aromatic rings. The van der Waals surface area contributed by atoms with Crippen molar-refractivity contribution in [1.82, 2.24) is 5.32 Å². The third-order valence-corrected chi connectivity index (χ3v) is 5.75. The van der Waals surface area contributed by atoms with Gasteiger partial charge in [0.15, 0.2) is 0 Å². The summed E-state index contributed by atoms with van der Waals surface area (Å²) in [5.74, 6) is -2.34. The van der Waals surface area contributed by atoms with Crippen LogP contribution >= 0.6 is 0 Å². The Kier molecular flexibility index (Phi) is 6.57. The first-order valence-electron chi connectivity index (χ1n) is 10.4. The van der Waals surface area contributed by atoms with Gasteiger partial charge in [0.25, 0.3) is 0 Å². The number of benzene rings is 3. The summed E-state index contributed by atoms with van der Waals surface area (Å²) < 4.78 is 38.4. The highest BCUT2D eigenvalue weighted by atomic mass is 19.1. The van der Waals surface area contributed by atoms with E-state index in [4.69, 9.17) is 9.47 Å². The van der Waals surface area contributed by atoms with E-state index in [0.717, 1.165) is 34.4 Å². The monoisotopic (exact) mass is 455 g/mol. The largest absolute Gasteiger partial charge is 0.497 e. The van der Waals surface area contributed by atoms with Crippen LogP contribution in [-0.2, 0) is 4.74 Å². The Balaban J connectivity index is 1.36. The molecule has 0 saturated heterocycles. The Hall–Kier alpha value is -3.49. The van der Waals surface area contributed by atoms with Crippen LogP contribution in [0, 0.1) is 11.6 Å². The lowest BCUT2D eigenvalue weighted by Crippen LogP contribution is -2.36. The number of rotatable bonds is 7. The van der Waals surface area contributed by atoms with Gasteiger partial charge in [-0.25, -0.2) is 13.6 Å². The summed E-state index contributed by atoms with van der Waals surface area (Å²) in [6.45, 7) is -0.400. The van der Waals surface area contributed by atoms with Gasteiger partial charge in [-0.15, -0.1) is 0 Å². The first-order valence-corrected chi connectivity index (χ1v) is 10.4. The van der Waals surface area contributed by atoms with Crippen LogP contribution in [0.4, 0.5) is 13.6 Å². The molecule has 3 N–H and O–H groups in total. The second-order valence-corrected chi connectivity index (χ2v) is 7.72. The highest BCUT2D eigenvalue weighted by molar-refractivity contribution is 5.79. The van der Waals surface area contributed by atoms with Crippen molar-refractivity contribution in [3.63, 3.8) is 0 Å². The molecule has 6 nitrogen and oxygen atoms in total. The number of alkyl carbamates (subject to hydrolysis) is 1. The van der Waals surface area contributed by atoms with E-state index in [2.05, 4.69) is 5.32 Å². The molecule has 2 atom stereocenters. The molecule has 0 saturated carbocycles. The predicted octanol–water partition coefficient (Wildman–Crippen LogP) is 3.91. The number of aliphatic hydroxyl groups excluding tert-OH is 2. The van der Waals surface area contributed by atoms with E-state index < -0.39 is 42.0 Å². The van der Waals surface area contributed by atoms with Crippen molar-refractivity contribution in [3.05, 3.63) is 89.0 Å². The van der Waals surface area contributed by atoms with Gasteiger partial charge < -0.3 is 25.0 Å². The minimum atomic E-state index is -1.90. The molecule has 0 spiro atoms. The summed E-state index contributed by atoms with van der Waals surface area (Å²) in [7, 11) is 1.25. The lowest BCUT2D eigenvalue weighted by molar-refractivity contribution is 0.0143. The molecule has 0 heterocycles. The molecule has 1 aliphatic rings. The molecule has 33 heavy (non-hydrogen) atoms. The maximum Gasteiger partial charge on any atom is 0.407 e. The van der Waals surface area contributed by atoms with Crippen molar-refractivity contribution in [1.29, 1.82) is 0 Å². The molecule has 4 rings (SSSR count). The van der Waals surface area contributed by atoms with E-state index in [-0.39, 0.29) is 18.3 Å². The van der Waals surface area contributed by atoms with Gasteiger partial charge in [0, 0.05) is 24.6 Å². The molecular weight excluding hydrogens is 432 g/mol. The molecule has 8 heteroatoms. The molecule has 1 amide bonds. The Morgan fingerprint density at radius 3 is 2.09 bits per heavy atom. The number of fused-ring (bicyclic) bond motifs is 3. The summed E-state index contributed by atoms with van der Waals surface area (Å²) in [4.78, 5) is 12.2. The summed E-state index contributed by atoms with van der Waals surface area (Å²) in [5.41, 5.74) is 3.56. The zero-order valence-electron chi connectivity index (χ0n) is 17.8. The number of aliphatic hydroxyl groups is 2. The average molecular weight is 455 g/mol. The van der Waals surface area contributed by atoms with Crippen LogP contribution < -0.4 is 10.1 Å². The first-order chi connectivity index (χ1) is 15.9. The van der Waals surface area contributed by atoms with Crippen LogP contribution in [0.5, 0.6) is 5.75 Å². The van der Waals surface area contributed by atoms with Gasteiger partial charge in [0.2, 0.25) is 0 Å². The third-order valence-electron chi connectivity index (χ3n) is 5.75. The highest BCUT2D eigenvalue weighted by Crippen LogP contribution is 2.44. The Morgan fingerprint density at radius 1 is 1.00 bits per heavy atom. The van der Waals surface area contributed by atoms with E-state index in [1.54, 1.807) is 0 Å². The topological polar surface area (TPSA) is 88.0 Å². The molecule has 2 unspecified atom stereocenters. The average Bonchev–Trinajstić information content (AvgIpc) is 3.14. The van der Waals surface area contributed by atoms with E-state index in [0.29, 0.717) is 0 Å². The number of halogens is 2. The molecule has 0 aromatic heterocycles. The van der Waals surface area contributed by atoms with Crippen LogP contribution in [0.3, 0.4) is 0 Å². The fraction of sp³-hybridized carbons (Fsp3) is 0.240. The van der Waals surface area contributed by atoms with Gasteiger partial charge in [0.05, 0.1) is 12.7 Å². The van der Waals surface area contributed by atoms with Gasteiger partial charge in [-0.05, 0) is 22.3 Å². The second kappa shape index (κ2) is 9.56. The lowest BCUT2D eigenvalue weighted by atomic mass is 9.98. The Morgan fingerprint density at radius 2 is 1.55 bits per heavy atom. The SMILES string of the molecule is COc1cc(F)c(C(O)C(O)CNC(=O)OCC2c3ccccc3-c3ccccc32)c(F)c1. The standard InChI is InChI=1S/C25H23F2NO5/c1-32-14-10-20(26)23(21(27)11-14)24(30)22(29)12-28-25(31)33-13-19-17-8-4-2-6-15(17)16-7-3-5-9-18(16)19/h2-11,19,22,24,29-30H,12-13H2,1H3,(H,28,31). The number of amides is 1. The number of methoxy groups -OCH3 is 1. The van der Waals surface area contributed by atoms with Crippen molar-refractivity contribution in [2.75, 3.05) is 20.3 Å². The minimum Gasteiger partial charge on any atom is -0.497 e. The number of ether oxygens (including phenoxy) is 2. The fourth-order valence-corrected chi connectivity index (χ4v) is 4.10. The van der Waals surface area contributed by atoms with Crippen LogP contribution in [0.15, 0.2) is 60.7 Å². The summed E-state index contributed by atoms with van der Waals surface area (Å²) in [6.07, 6.45) is -4.38. The zero-order chi connectivity index (χ0) is 23.5. The smallest absolute Gasteiger partial charge is 0.407 e. The maximum atomic E-state index is 14.1. The quantitative estimate of drug-likeness (QED) is 0.503. The van der Waals surface area contributed by atoms with Crippen LogP contribution in [0.2, 0.25) is 0 Å². The van der Waals surface area contributed by atoms with Crippen molar-refractivity contribution in [2.45, 2.75) is 18.1 Å². The van der Waals surface area contributed by atoms with E-state index in [9.17, 15) is 23.8 Å². The minimum absolute atomic E-state index is 0.0628. The number of nitrogens with one attached hydrogen (secondary N) is 1. The molecule has 172 valence electrons. The molecule has 1 aliphatic carbocycles. The number of hydrogen-bond acceptors (Lipinski definition) is 5. The molecule has 0 aliphatic heterocycles. The van der Waals surface area contributed by atoms with E-state index in [1.807, 2.05) is 48.5 Å². The number of carbonyl (C=O) groups excluding carboxylic acids is 1. The second-order valence-electron chi connectivity index (χ2n) is 7.72. The van der Waals surface area contributed by atoms with Gasteiger partial charge in [-0.2, -0.15) is 0 Å². The van der Waals surface area contributed by atoms with E-state index in [1.165, 1.54) is 7.11 Å². The van der Waals surface area contributed by atoms with Gasteiger partial charge in [-0.1, -0.05) is 48.5 Å². The highest BCUT2D eigenvalue weighted by Gasteiger charge is 2.30. The third kappa shape index (κ3) is 4.53. The number of hydrogen-bond donors (Lipinski definition) is 3. The summed E-state index contributed by atoms with van der Waals surface area (Å²) in [5, 5.41) is 22.7. The lowest BCUT2D eigenvalue weighted by Gasteiger charge is -2.20. The fourth-order valence-electron chi connectivity index (χ4n) is 4.10. The zero-order valence-corrected chi connectivity index (χ0v) is 17.8. The van der Waals surface area contributed by atoms with E-state index >= 15 is 0 Å². The molecule has 3 aromatic carbocycles. The van der Waals surface area contributed by atoms with Crippen LogP contribution in [0.1, 0.15) is 28.7 Å². The van der Waals surface area contributed by atoms with Gasteiger partial charge in [0.1, 0.15) is 36.2 Å². The van der Waals surface area contributed by atoms with Crippen molar-refractivity contribution >= 4 is 6.09 Å². The van der Waals surface area contributed by atoms with Crippen molar-refractivity contribution in [2.24, 2.45) is 0 Å². The summed E-state index contributed by atoms with van der Waals surface area (Å²) >= 11 is 0.